The predicted octanol–water partition coefficient (Wildman–Crippen LogP) is 0.602. The molecule has 1 atom stereocenters. The molecule has 1 amide bonds. The Labute approximate surface area is 101 Å². The minimum atomic E-state index is -0.185. The predicted molar refractivity (Wildman–Crippen MR) is 67.2 cm³/mol. The Morgan fingerprint density at radius 2 is 2.24 bits per heavy atom. The molecule has 1 unspecified atom stereocenters. The summed E-state index contributed by atoms with van der Waals surface area (Å²) < 4.78 is 5.18. The zero-order chi connectivity index (χ0) is 12.4. The third-order valence-electron chi connectivity index (χ3n) is 2.98. The van der Waals surface area contributed by atoms with Crippen molar-refractivity contribution >= 4 is 17.3 Å². The summed E-state index contributed by atoms with van der Waals surface area (Å²) >= 11 is 0. The van der Waals surface area contributed by atoms with Gasteiger partial charge in [0, 0.05) is 36.6 Å². The highest BCUT2D eigenvalue weighted by atomic mass is 16.5. The fraction of sp³-hybridized carbons (Fsp3) is 0.417. The van der Waals surface area contributed by atoms with Crippen LogP contribution in [0, 0.1) is 0 Å². The molecule has 0 radical (unpaired) electrons. The Kier molecular flexibility index (Phi) is 3.08. The fourth-order valence-corrected chi connectivity index (χ4v) is 2.02. The van der Waals surface area contributed by atoms with Gasteiger partial charge in [0.15, 0.2) is 0 Å². The first-order chi connectivity index (χ1) is 8.11. The number of hydrogen-bond donors (Lipinski definition) is 2. The minimum absolute atomic E-state index is 0.0395. The maximum absolute atomic E-state index is 11.6. The van der Waals surface area contributed by atoms with E-state index in [0.717, 1.165) is 12.2 Å². The van der Waals surface area contributed by atoms with Crippen LogP contribution in [0.1, 0.15) is 6.92 Å². The molecule has 17 heavy (non-hydrogen) atoms. The van der Waals surface area contributed by atoms with E-state index in [1.54, 1.807) is 13.2 Å². The van der Waals surface area contributed by atoms with Crippen LogP contribution in [0.15, 0.2) is 18.2 Å². The molecule has 2 rings (SSSR count). The van der Waals surface area contributed by atoms with Crippen LogP contribution in [0.5, 0.6) is 5.75 Å². The van der Waals surface area contributed by atoms with E-state index in [1.807, 2.05) is 24.0 Å². The first kappa shape index (κ1) is 11.6. The first-order valence-corrected chi connectivity index (χ1v) is 5.60. The molecule has 1 fully saturated rings. The van der Waals surface area contributed by atoms with Crippen LogP contribution in [-0.4, -0.2) is 32.1 Å². The van der Waals surface area contributed by atoms with Gasteiger partial charge in [0.1, 0.15) is 11.8 Å². The van der Waals surface area contributed by atoms with Gasteiger partial charge in [-0.1, -0.05) is 0 Å². The molecule has 1 aromatic rings. The van der Waals surface area contributed by atoms with Gasteiger partial charge in [-0.25, -0.2) is 0 Å². The normalized spacial score (nSPS) is 20.0. The van der Waals surface area contributed by atoms with Crippen LogP contribution in [0.25, 0.3) is 0 Å². The Balaban J connectivity index is 2.32. The van der Waals surface area contributed by atoms with Crippen LogP contribution < -0.4 is 20.7 Å². The summed E-state index contributed by atoms with van der Waals surface area (Å²) in [5.74, 6) is 0.746. The van der Waals surface area contributed by atoms with E-state index in [2.05, 4.69) is 5.32 Å². The second-order valence-electron chi connectivity index (χ2n) is 4.12. The molecule has 3 N–H and O–H groups in total. The Morgan fingerprint density at radius 3 is 2.94 bits per heavy atom. The van der Waals surface area contributed by atoms with Crippen molar-refractivity contribution in [2.24, 2.45) is 0 Å². The van der Waals surface area contributed by atoms with Gasteiger partial charge in [-0.3, -0.25) is 4.79 Å². The topological polar surface area (TPSA) is 67.6 Å². The number of nitrogens with one attached hydrogen (secondary N) is 1. The lowest BCUT2D eigenvalue weighted by atomic mass is 10.1. The SMILES string of the molecule is COc1cc(N)cc(N2CCNC(=O)C2C)c1. The van der Waals surface area contributed by atoms with Gasteiger partial charge in [-0.05, 0) is 13.0 Å². The van der Waals surface area contributed by atoms with Crippen molar-refractivity contribution in [3.8, 4) is 5.75 Å². The van der Waals surface area contributed by atoms with Crippen LogP contribution in [0.4, 0.5) is 11.4 Å². The summed E-state index contributed by atoms with van der Waals surface area (Å²) in [5, 5.41) is 2.83. The van der Waals surface area contributed by atoms with E-state index >= 15 is 0 Å². The van der Waals surface area contributed by atoms with E-state index in [0.29, 0.717) is 18.0 Å². The summed E-state index contributed by atoms with van der Waals surface area (Å²) in [6, 6.07) is 5.33. The number of piperazine rings is 1. The van der Waals surface area contributed by atoms with E-state index < -0.39 is 0 Å². The molecule has 1 aliphatic heterocycles. The van der Waals surface area contributed by atoms with Gasteiger partial charge in [0.05, 0.1) is 7.11 Å². The lowest BCUT2D eigenvalue weighted by Gasteiger charge is -2.34. The number of hydrogen-bond acceptors (Lipinski definition) is 4. The maximum Gasteiger partial charge on any atom is 0.242 e. The first-order valence-electron chi connectivity index (χ1n) is 5.60. The number of methoxy groups -OCH3 is 1. The van der Waals surface area contributed by atoms with E-state index in [4.69, 9.17) is 10.5 Å². The number of rotatable bonds is 2. The van der Waals surface area contributed by atoms with E-state index in [-0.39, 0.29) is 11.9 Å². The summed E-state index contributed by atoms with van der Waals surface area (Å²) in [4.78, 5) is 13.6. The molecule has 5 heteroatoms. The van der Waals surface area contributed by atoms with Gasteiger partial charge < -0.3 is 20.7 Å². The summed E-state index contributed by atoms with van der Waals surface area (Å²) in [6.07, 6.45) is 0. The van der Waals surface area contributed by atoms with Crippen molar-refractivity contribution < 1.29 is 9.53 Å². The van der Waals surface area contributed by atoms with Crippen LogP contribution >= 0.6 is 0 Å². The van der Waals surface area contributed by atoms with Crippen LogP contribution in [-0.2, 0) is 4.79 Å². The largest absolute Gasteiger partial charge is 0.497 e. The second kappa shape index (κ2) is 4.53. The third kappa shape index (κ3) is 2.27. The van der Waals surface area contributed by atoms with E-state index in [9.17, 15) is 4.79 Å². The molecule has 0 aromatic heterocycles. The van der Waals surface area contributed by atoms with Gasteiger partial charge in [0.2, 0.25) is 5.91 Å². The van der Waals surface area contributed by atoms with Crippen molar-refractivity contribution in [1.82, 2.24) is 5.32 Å². The molecule has 1 heterocycles. The summed E-state index contributed by atoms with van der Waals surface area (Å²) in [7, 11) is 1.60. The van der Waals surface area contributed by atoms with Gasteiger partial charge in [0.25, 0.3) is 0 Å². The Hall–Kier alpha value is -1.91. The van der Waals surface area contributed by atoms with E-state index in [1.165, 1.54) is 0 Å². The van der Waals surface area contributed by atoms with Gasteiger partial charge >= 0.3 is 0 Å². The van der Waals surface area contributed by atoms with Gasteiger partial charge in [-0.15, -0.1) is 0 Å². The Bertz CT molecular complexity index is 434. The quantitative estimate of drug-likeness (QED) is 0.737. The second-order valence-corrected chi connectivity index (χ2v) is 4.12. The number of anilines is 2. The number of ether oxygens (including phenoxy) is 1. The number of benzene rings is 1. The molecule has 1 saturated heterocycles. The monoisotopic (exact) mass is 235 g/mol. The lowest BCUT2D eigenvalue weighted by Crippen LogP contribution is -2.54. The highest BCUT2D eigenvalue weighted by molar-refractivity contribution is 5.86. The number of nitrogen functional groups attached to an aromatic ring is 1. The fourth-order valence-electron chi connectivity index (χ4n) is 2.02. The smallest absolute Gasteiger partial charge is 0.242 e. The molecule has 0 saturated carbocycles. The number of carbonyl (C=O) groups excluding carboxylic acids is 1. The highest BCUT2D eigenvalue weighted by Gasteiger charge is 2.25. The standard InChI is InChI=1S/C12H17N3O2/c1-8-12(16)14-3-4-15(8)10-5-9(13)6-11(7-10)17-2/h5-8H,3-4,13H2,1-2H3,(H,14,16). The molecular weight excluding hydrogens is 218 g/mol. The molecule has 92 valence electrons. The van der Waals surface area contributed by atoms with Crippen LogP contribution in [0.3, 0.4) is 0 Å². The Morgan fingerprint density at radius 1 is 1.47 bits per heavy atom. The average Bonchev–Trinajstić information content (AvgIpc) is 2.31. The minimum Gasteiger partial charge on any atom is -0.497 e. The molecule has 0 bridgehead atoms. The number of nitrogens with zero attached hydrogens (tertiary/aromatic N) is 1. The van der Waals surface area contributed by atoms with Gasteiger partial charge in [-0.2, -0.15) is 0 Å². The molecule has 1 aliphatic rings. The maximum atomic E-state index is 11.6. The zero-order valence-electron chi connectivity index (χ0n) is 10.1. The summed E-state index contributed by atoms with van der Waals surface area (Å²) in [5.41, 5.74) is 7.37. The molecule has 5 nitrogen and oxygen atoms in total. The van der Waals surface area contributed by atoms with Crippen molar-refractivity contribution in [3.63, 3.8) is 0 Å². The summed E-state index contributed by atoms with van der Waals surface area (Å²) in [6.45, 7) is 3.31. The lowest BCUT2D eigenvalue weighted by molar-refractivity contribution is -0.122. The van der Waals surface area contributed by atoms with Crippen LogP contribution in [0.2, 0.25) is 0 Å². The van der Waals surface area contributed by atoms with Crippen molar-refractivity contribution in [3.05, 3.63) is 18.2 Å². The van der Waals surface area contributed by atoms with Crippen molar-refractivity contribution in [1.29, 1.82) is 0 Å². The highest BCUT2D eigenvalue weighted by Crippen LogP contribution is 2.27. The number of carbonyl (C=O) groups is 1. The molecule has 1 aromatic carbocycles. The number of amides is 1. The molecular formula is C12H17N3O2. The average molecular weight is 235 g/mol. The van der Waals surface area contributed by atoms with Crippen molar-refractivity contribution in [2.45, 2.75) is 13.0 Å². The molecule has 0 spiro atoms. The molecule has 0 aliphatic carbocycles. The zero-order valence-corrected chi connectivity index (χ0v) is 10.1. The van der Waals surface area contributed by atoms with Crippen molar-refractivity contribution in [2.75, 3.05) is 30.8 Å². The number of nitrogens with two attached hydrogens (primary N) is 1. The third-order valence-corrected chi connectivity index (χ3v) is 2.98.